The van der Waals surface area contributed by atoms with Gasteiger partial charge in [-0.2, -0.15) is 8.42 Å². The maximum Gasteiger partial charge on any atom is 0.394 e. The molecule has 364 valence electrons. The Labute approximate surface area is 390 Å². The number of nitrogens with zero attached hydrogens (tertiary/aromatic N) is 1. The molecule has 16 nitrogen and oxygen atoms in total. The maximum absolute atomic E-state index is 12.6. The number of aromatic hydroxyl groups is 2. The van der Waals surface area contributed by atoms with Crippen molar-refractivity contribution in [3.63, 3.8) is 0 Å². The number of phenols is 2. The van der Waals surface area contributed by atoms with Gasteiger partial charge in [-0.15, -0.1) is 0 Å². The van der Waals surface area contributed by atoms with Crippen LogP contribution in [0.25, 0.3) is 0 Å². The van der Waals surface area contributed by atoms with Crippen molar-refractivity contribution >= 4 is 16.4 Å². The largest absolute Gasteiger partial charge is 1.00 e. The summed E-state index contributed by atoms with van der Waals surface area (Å²) in [6, 6.07) is 20.7. The number of hydrogen-bond donors (Lipinski definition) is 11. The summed E-state index contributed by atoms with van der Waals surface area (Å²) in [5, 5.41) is 72.9. The van der Waals surface area contributed by atoms with Crippen LogP contribution in [0.15, 0.2) is 66.7 Å². The number of ether oxygens (including phenoxy) is 1. The summed E-state index contributed by atoms with van der Waals surface area (Å²) in [4.78, 5) is 12.6. The van der Waals surface area contributed by atoms with Gasteiger partial charge in [0.25, 0.3) is 0 Å². The average molecular weight is 989 g/mol. The standard InChI is InChI=1S/C20H30NO3.2C13H21NO3.BrH.H2O4S/c1-14(2)21(3)16-9-10-17(21)12-18(11-16)24-20(23)19(13-22)15-7-5-4-6-8-15;2*1-13(2,3)14-7-12(17)9-4-5-11(16)10(6-9)8-15;;1-5(2,3)4/h4-8,14,16-19,22H,9-13H2,1-3H3;2*4-6,12,14-17H,7-8H2,1-3H3;1H;(H2,1,2,3,4)/q+1;;;;/p-1. The monoisotopic (exact) mass is 987 g/mol. The van der Waals surface area contributed by atoms with Gasteiger partial charge in [0.2, 0.25) is 0 Å². The first-order valence-corrected chi connectivity index (χ1v) is 22.7. The minimum Gasteiger partial charge on any atom is -1.00 e. The molecule has 18 heteroatoms. The molecule has 0 spiro atoms. The highest BCUT2D eigenvalue weighted by molar-refractivity contribution is 7.79. The lowest BCUT2D eigenvalue weighted by Crippen LogP contribution is -3.00. The molecule has 64 heavy (non-hydrogen) atoms. The van der Waals surface area contributed by atoms with Crippen molar-refractivity contribution < 1.29 is 84.3 Å². The molecule has 2 fully saturated rings. The van der Waals surface area contributed by atoms with Crippen LogP contribution in [0.2, 0.25) is 0 Å². The van der Waals surface area contributed by atoms with E-state index in [2.05, 4.69) is 31.5 Å². The summed E-state index contributed by atoms with van der Waals surface area (Å²) in [5.41, 5.74) is 2.93. The molecule has 2 bridgehead atoms. The van der Waals surface area contributed by atoms with Crippen molar-refractivity contribution in [2.24, 2.45) is 0 Å². The normalized spacial score (nSPS) is 20.7. The highest BCUT2D eigenvalue weighted by Gasteiger charge is 2.54. The zero-order chi connectivity index (χ0) is 47.9. The number of quaternary nitrogens is 1. The average Bonchev–Trinajstić information content (AvgIpc) is 3.35. The number of carbonyl (C=O) groups is 1. The Morgan fingerprint density at radius 1 is 0.734 bits per heavy atom. The molecule has 0 radical (unpaired) electrons. The first-order chi connectivity index (χ1) is 29.1. The van der Waals surface area contributed by atoms with Crippen LogP contribution in [0.1, 0.15) is 127 Å². The number of halogens is 1. The zero-order valence-electron chi connectivity index (χ0n) is 38.6. The molecule has 5 atom stereocenters. The van der Waals surface area contributed by atoms with Crippen LogP contribution in [0.3, 0.4) is 0 Å². The number of aliphatic hydroxyl groups is 5. The lowest BCUT2D eigenvalue weighted by atomic mass is 9.94. The summed E-state index contributed by atoms with van der Waals surface area (Å²) in [6.45, 7) is 16.9. The van der Waals surface area contributed by atoms with Gasteiger partial charge in [-0.25, -0.2) is 0 Å². The second kappa shape index (κ2) is 26.2. The van der Waals surface area contributed by atoms with Crippen LogP contribution in [0.4, 0.5) is 0 Å². The number of rotatable bonds is 13. The van der Waals surface area contributed by atoms with Crippen LogP contribution in [-0.4, -0.2) is 126 Å². The lowest BCUT2D eigenvalue weighted by Gasteiger charge is -2.49. The minimum atomic E-state index is -4.67. The van der Waals surface area contributed by atoms with Gasteiger partial charge in [-0.3, -0.25) is 13.9 Å². The second-order valence-corrected chi connectivity index (χ2v) is 19.6. The van der Waals surface area contributed by atoms with E-state index < -0.39 is 28.5 Å². The molecule has 2 heterocycles. The van der Waals surface area contributed by atoms with Crippen LogP contribution in [-0.2, 0) is 33.1 Å². The van der Waals surface area contributed by atoms with E-state index in [4.69, 9.17) is 32.5 Å². The van der Waals surface area contributed by atoms with Crippen LogP contribution in [0, 0.1) is 0 Å². The van der Waals surface area contributed by atoms with E-state index in [1.165, 1.54) is 25.0 Å². The summed E-state index contributed by atoms with van der Waals surface area (Å²) in [5.74, 6) is -0.759. The molecule has 5 unspecified atom stereocenters. The van der Waals surface area contributed by atoms with Gasteiger partial charge in [-0.1, -0.05) is 42.5 Å². The first-order valence-electron chi connectivity index (χ1n) is 21.3. The van der Waals surface area contributed by atoms with Gasteiger partial charge < -0.3 is 72.6 Å². The van der Waals surface area contributed by atoms with Gasteiger partial charge in [-0.05, 0) is 96.3 Å². The second-order valence-electron chi connectivity index (χ2n) is 18.7. The van der Waals surface area contributed by atoms with Crippen LogP contribution >= 0.6 is 0 Å². The van der Waals surface area contributed by atoms with Crippen molar-refractivity contribution in [3.05, 3.63) is 94.5 Å². The smallest absolute Gasteiger partial charge is 0.394 e. The Morgan fingerprint density at radius 2 is 1.12 bits per heavy atom. The number of esters is 1. The summed E-state index contributed by atoms with van der Waals surface area (Å²) < 4.78 is 38.5. The molecule has 0 saturated carbocycles. The fourth-order valence-corrected chi connectivity index (χ4v) is 7.74. The Bertz CT molecular complexity index is 1860. The van der Waals surface area contributed by atoms with Crippen molar-refractivity contribution in [3.8, 4) is 11.5 Å². The van der Waals surface area contributed by atoms with Crippen molar-refractivity contribution in [1.82, 2.24) is 10.6 Å². The molecule has 3 aromatic rings. The fraction of sp³-hybridized carbons (Fsp3) is 0.587. The van der Waals surface area contributed by atoms with Crippen molar-refractivity contribution in [2.45, 2.75) is 148 Å². The molecule has 3 aromatic carbocycles. The highest BCUT2D eigenvalue weighted by Crippen LogP contribution is 2.44. The fourth-order valence-electron chi connectivity index (χ4n) is 7.74. The van der Waals surface area contributed by atoms with E-state index in [1.54, 1.807) is 24.3 Å². The van der Waals surface area contributed by atoms with Gasteiger partial charge in [0.15, 0.2) is 0 Å². The van der Waals surface area contributed by atoms with E-state index in [0.717, 1.165) is 22.9 Å². The van der Waals surface area contributed by atoms with E-state index in [-0.39, 0.29) is 71.5 Å². The van der Waals surface area contributed by atoms with E-state index >= 15 is 0 Å². The molecule has 11 N–H and O–H groups in total. The third-order valence-corrected chi connectivity index (χ3v) is 11.5. The number of hydrogen-bond acceptors (Lipinski definition) is 13. The number of piperidine rings is 1. The molecule has 0 aromatic heterocycles. The molecular weight excluding hydrogens is 914 g/mol. The SMILES string of the molecule is CC(C)(C)NCC(O)c1ccc(O)c(CO)c1.CC(C)(C)NCC(O)c1ccc(O)c(CO)c1.CC(C)[N+]1(C)C2CCC1CC(OC(=O)C(CO)c1ccccc1)C2.O=S(=O)(O)O.[Br-]. The van der Waals surface area contributed by atoms with Crippen LogP contribution in [0.5, 0.6) is 11.5 Å². The van der Waals surface area contributed by atoms with Gasteiger partial charge in [0.05, 0.1) is 57.2 Å². The summed E-state index contributed by atoms with van der Waals surface area (Å²) >= 11 is 0. The molecular formula is C46H74BrN3O13S. The topological polar surface area (TPSA) is 267 Å². The number of carbonyl (C=O) groups excluding carboxylic acids is 1. The van der Waals surface area contributed by atoms with Crippen molar-refractivity contribution in [2.75, 3.05) is 26.7 Å². The number of benzene rings is 3. The Hall–Kier alpha value is -3.24. The Balaban J connectivity index is 0.000000461. The minimum absolute atomic E-state index is 0. The number of aliphatic hydroxyl groups excluding tert-OH is 5. The van der Waals surface area contributed by atoms with E-state index in [0.29, 0.717) is 53.5 Å². The zero-order valence-corrected chi connectivity index (χ0v) is 41.1. The molecule has 2 saturated heterocycles. The van der Waals surface area contributed by atoms with Gasteiger partial charge >= 0.3 is 16.4 Å². The predicted molar refractivity (Wildman–Crippen MR) is 241 cm³/mol. The van der Waals surface area contributed by atoms with Gasteiger partial charge in [0, 0.05) is 61.0 Å². The van der Waals surface area contributed by atoms with Crippen molar-refractivity contribution in [1.29, 1.82) is 0 Å². The highest BCUT2D eigenvalue weighted by atomic mass is 79.9. The summed E-state index contributed by atoms with van der Waals surface area (Å²) in [7, 11) is -2.30. The number of fused-ring (bicyclic) bond motifs is 2. The summed E-state index contributed by atoms with van der Waals surface area (Å²) in [6.07, 6.45) is 3.05. The molecule has 2 aliphatic rings. The Morgan fingerprint density at radius 3 is 1.45 bits per heavy atom. The maximum atomic E-state index is 12.6. The first kappa shape index (κ1) is 58.8. The molecule has 0 aliphatic carbocycles. The Kier molecular flexibility index (Phi) is 24.1. The third-order valence-electron chi connectivity index (χ3n) is 11.5. The third kappa shape index (κ3) is 19.7. The van der Waals surface area contributed by atoms with Crippen LogP contribution < -0.4 is 27.6 Å². The molecule has 5 rings (SSSR count). The van der Waals surface area contributed by atoms with E-state index in [1.807, 2.05) is 71.9 Å². The van der Waals surface area contributed by atoms with Gasteiger partial charge in [0.1, 0.15) is 23.5 Å². The quantitative estimate of drug-likeness (QED) is 0.0663. The molecule has 2 aliphatic heterocycles. The number of β-amino-alcohol motifs (C(OH)–C–C–N with tert-alkyl or cyclic N) is 2. The number of nitrogens with one attached hydrogen (secondary N) is 2. The molecule has 0 amide bonds. The van der Waals surface area contributed by atoms with E-state index in [9.17, 15) is 30.3 Å². The lowest BCUT2D eigenvalue weighted by molar-refractivity contribution is -0.968. The predicted octanol–water partition coefficient (Wildman–Crippen LogP) is 1.82.